The second-order valence-electron chi connectivity index (χ2n) is 11.4. The van der Waals surface area contributed by atoms with Crippen LogP contribution >= 0.6 is 0 Å². The number of hydrogen-bond acceptors (Lipinski definition) is 4. The first-order valence-electron chi connectivity index (χ1n) is 15.0. The Morgan fingerprint density at radius 2 is 1.00 bits per heavy atom. The maximum atomic E-state index is 6.44. The van der Waals surface area contributed by atoms with Crippen molar-refractivity contribution in [3.63, 3.8) is 0 Å². The second kappa shape index (κ2) is 9.15. The molecule has 0 N–H and O–H groups in total. The lowest BCUT2D eigenvalue weighted by atomic mass is 9.98. The smallest absolute Gasteiger partial charge is 0.236 e. The molecule has 4 aromatic heterocycles. The molecule has 5 nitrogen and oxygen atoms in total. The van der Waals surface area contributed by atoms with E-state index in [0.717, 1.165) is 71.5 Å². The van der Waals surface area contributed by atoms with Gasteiger partial charge in [-0.25, -0.2) is 9.97 Å². The van der Waals surface area contributed by atoms with Gasteiger partial charge in [-0.2, -0.15) is 0 Å². The van der Waals surface area contributed by atoms with Crippen LogP contribution in [0.15, 0.2) is 148 Å². The Morgan fingerprint density at radius 3 is 1.69 bits per heavy atom. The lowest BCUT2D eigenvalue weighted by Gasteiger charge is -2.13. The van der Waals surface area contributed by atoms with E-state index in [0.29, 0.717) is 17.1 Å². The highest BCUT2D eigenvalue weighted by Gasteiger charge is 2.26. The van der Waals surface area contributed by atoms with Crippen LogP contribution in [0, 0.1) is 0 Å². The molecule has 0 saturated heterocycles. The molecule has 10 aromatic rings. The van der Waals surface area contributed by atoms with Crippen LogP contribution in [-0.4, -0.2) is 14.5 Å². The molecule has 6 aromatic carbocycles. The van der Waals surface area contributed by atoms with Gasteiger partial charge in [0.25, 0.3) is 0 Å². The Balaban J connectivity index is 1.33. The third-order valence-corrected chi connectivity index (χ3v) is 8.83. The number of aromatic nitrogens is 3. The summed E-state index contributed by atoms with van der Waals surface area (Å²) in [6.45, 7) is 0. The van der Waals surface area contributed by atoms with Crippen LogP contribution in [0.2, 0.25) is 0 Å². The van der Waals surface area contributed by atoms with E-state index < -0.39 is 0 Å². The molecule has 5 heteroatoms. The summed E-state index contributed by atoms with van der Waals surface area (Å²) in [6, 6.07) is 47.9. The molecule has 0 spiro atoms. The van der Waals surface area contributed by atoms with E-state index in [1.807, 2.05) is 42.5 Å². The van der Waals surface area contributed by atoms with Crippen molar-refractivity contribution in [1.82, 2.24) is 14.5 Å². The fraction of sp³-hybridized carbons (Fsp3) is 0. The Morgan fingerprint density at radius 1 is 0.444 bits per heavy atom. The van der Waals surface area contributed by atoms with E-state index in [4.69, 9.17) is 18.8 Å². The van der Waals surface area contributed by atoms with Gasteiger partial charge in [0, 0.05) is 21.7 Å². The topological polar surface area (TPSA) is 57.0 Å². The minimum atomic E-state index is 0.568. The van der Waals surface area contributed by atoms with E-state index in [-0.39, 0.29) is 0 Å². The first kappa shape index (κ1) is 24.3. The van der Waals surface area contributed by atoms with Crippen molar-refractivity contribution >= 4 is 65.8 Å². The van der Waals surface area contributed by atoms with Crippen LogP contribution in [0.5, 0.6) is 0 Å². The summed E-state index contributed by atoms with van der Waals surface area (Å²) in [5, 5.41) is 5.26. The summed E-state index contributed by atoms with van der Waals surface area (Å²) in [4.78, 5) is 10.7. The molecule has 210 valence electrons. The molecule has 0 amide bonds. The average Bonchev–Trinajstić information content (AvgIpc) is 3.76. The van der Waals surface area contributed by atoms with Crippen LogP contribution in [0.4, 0.5) is 0 Å². The molecule has 10 rings (SSSR count). The van der Waals surface area contributed by atoms with Gasteiger partial charge in [-0.3, -0.25) is 4.57 Å². The van der Waals surface area contributed by atoms with Crippen molar-refractivity contribution < 1.29 is 8.83 Å². The van der Waals surface area contributed by atoms with Crippen LogP contribution in [0.25, 0.3) is 94.1 Å². The predicted molar refractivity (Wildman–Crippen MR) is 182 cm³/mol. The molecule has 0 fully saturated rings. The third-order valence-electron chi connectivity index (χ3n) is 8.83. The monoisotopic (exact) mass is 577 g/mol. The fourth-order valence-corrected chi connectivity index (χ4v) is 6.78. The van der Waals surface area contributed by atoms with Crippen molar-refractivity contribution in [1.29, 1.82) is 0 Å². The normalized spacial score (nSPS) is 12.0. The highest BCUT2D eigenvalue weighted by Crippen LogP contribution is 2.43. The van der Waals surface area contributed by atoms with Gasteiger partial charge in [0.05, 0.1) is 11.2 Å². The van der Waals surface area contributed by atoms with E-state index in [9.17, 15) is 0 Å². The third kappa shape index (κ3) is 3.49. The molecule has 0 bridgehead atoms. The van der Waals surface area contributed by atoms with Crippen molar-refractivity contribution in [2.75, 3.05) is 0 Å². The first-order chi connectivity index (χ1) is 22.3. The Labute approximate surface area is 256 Å². The van der Waals surface area contributed by atoms with E-state index in [2.05, 4.69) is 102 Å². The lowest BCUT2D eigenvalue weighted by molar-refractivity contribution is 0.634. The van der Waals surface area contributed by atoms with E-state index >= 15 is 0 Å². The molecule has 0 unspecified atom stereocenters. The number of para-hydroxylation sites is 2. The Kier molecular flexibility index (Phi) is 4.93. The standard InChI is InChI=1S/C40H23N3O2/c1-2-10-24(11-3-1)25-18-20-27(21-19-25)35-34-28-13-5-4-12-26(28)22-23-31(34)41-40(42-35)43-36-29-14-6-8-16-32(29)44-38(36)39-37(43)30-15-7-9-17-33(30)45-39/h1-23H. The molecule has 0 aliphatic heterocycles. The fourth-order valence-electron chi connectivity index (χ4n) is 6.78. The number of nitrogens with zero attached hydrogens (tertiary/aromatic N) is 3. The van der Waals surface area contributed by atoms with E-state index in [1.54, 1.807) is 0 Å². The lowest BCUT2D eigenvalue weighted by Crippen LogP contribution is -2.03. The zero-order valence-electron chi connectivity index (χ0n) is 23.9. The molecule has 0 atom stereocenters. The zero-order chi connectivity index (χ0) is 29.5. The number of rotatable bonds is 3. The van der Waals surface area contributed by atoms with Gasteiger partial charge in [0.1, 0.15) is 22.2 Å². The van der Waals surface area contributed by atoms with Crippen LogP contribution in [-0.2, 0) is 0 Å². The van der Waals surface area contributed by atoms with Gasteiger partial charge in [-0.05, 0) is 52.2 Å². The number of furan rings is 2. The van der Waals surface area contributed by atoms with Gasteiger partial charge in [0.15, 0.2) is 11.2 Å². The minimum Gasteiger partial charge on any atom is -0.450 e. The van der Waals surface area contributed by atoms with Crippen LogP contribution in [0.3, 0.4) is 0 Å². The maximum absolute atomic E-state index is 6.44. The number of fused-ring (bicyclic) bond motifs is 10. The van der Waals surface area contributed by atoms with Gasteiger partial charge >= 0.3 is 0 Å². The molecule has 0 aliphatic rings. The Bertz CT molecular complexity index is 2660. The highest BCUT2D eigenvalue weighted by molar-refractivity contribution is 6.20. The molecule has 0 radical (unpaired) electrons. The van der Waals surface area contributed by atoms with E-state index in [1.165, 1.54) is 5.56 Å². The predicted octanol–water partition coefficient (Wildman–Crippen LogP) is 10.7. The summed E-state index contributed by atoms with van der Waals surface area (Å²) >= 11 is 0. The summed E-state index contributed by atoms with van der Waals surface area (Å²) in [6.07, 6.45) is 0. The van der Waals surface area contributed by atoms with Crippen molar-refractivity contribution in [2.45, 2.75) is 0 Å². The quantitative estimate of drug-likeness (QED) is 0.196. The summed E-state index contributed by atoms with van der Waals surface area (Å²) in [7, 11) is 0. The zero-order valence-corrected chi connectivity index (χ0v) is 23.9. The molecule has 45 heavy (non-hydrogen) atoms. The van der Waals surface area contributed by atoms with Crippen molar-refractivity contribution in [2.24, 2.45) is 0 Å². The first-order valence-corrected chi connectivity index (χ1v) is 15.0. The van der Waals surface area contributed by atoms with Crippen LogP contribution < -0.4 is 0 Å². The summed E-state index contributed by atoms with van der Waals surface area (Å²) < 4.78 is 15.0. The van der Waals surface area contributed by atoms with Gasteiger partial charge in [0.2, 0.25) is 5.95 Å². The van der Waals surface area contributed by atoms with Gasteiger partial charge in [-0.1, -0.05) is 109 Å². The molecule has 0 aliphatic carbocycles. The summed E-state index contributed by atoms with van der Waals surface area (Å²) in [5.41, 5.74) is 9.88. The highest BCUT2D eigenvalue weighted by atomic mass is 16.4. The van der Waals surface area contributed by atoms with Crippen molar-refractivity contribution in [3.8, 4) is 28.3 Å². The SMILES string of the molecule is c1ccc(-c2ccc(-c3nc(-n4c5c6ccccc6oc5c5oc6ccccc6c54)nc4ccc5ccccc5c34)cc2)cc1. The number of benzene rings is 6. The second-order valence-corrected chi connectivity index (χ2v) is 11.4. The molecular weight excluding hydrogens is 554 g/mol. The average molecular weight is 578 g/mol. The maximum Gasteiger partial charge on any atom is 0.236 e. The minimum absolute atomic E-state index is 0.568. The van der Waals surface area contributed by atoms with Crippen LogP contribution in [0.1, 0.15) is 0 Å². The van der Waals surface area contributed by atoms with Gasteiger partial charge in [-0.15, -0.1) is 0 Å². The summed E-state index contributed by atoms with van der Waals surface area (Å²) in [5.74, 6) is 0.568. The molecule has 4 heterocycles. The Hall–Kier alpha value is -6.20. The molecule has 0 saturated carbocycles. The number of hydrogen-bond donors (Lipinski definition) is 0. The largest absolute Gasteiger partial charge is 0.450 e. The van der Waals surface area contributed by atoms with Crippen molar-refractivity contribution in [3.05, 3.63) is 140 Å². The molecular formula is C40H23N3O2. The van der Waals surface area contributed by atoms with Gasteiger partial charge < -0.3 is 8.83 Å².